The Morgan fingerprint density at radius 2 is 1.89 bits per heavy atom. The van der Waals surface area contributed by atoms with Gasteiger partial charge in [-0.3, -0.25) is 9.79 Å². The highest BCUT2D eigenvalue weighted by Gasteiger charge is 2.35. The number of rotatable bonds is 7. The van der Waals surface area contributed by atoms with Gasteiger partial charge >= 0.3 is 0 Å². The van der Waals surface area contributed by atoms with Crippen LogP contribution < -0.4 is 9.47 Å². The maximum Gasteiger partial charge on any atom is 0.168 e. The van der Waals surface area contributed by atoms with Gasteiger partial charge in [-0.05, 0) is 42.4 Å². The van der Waals surface area contributed by atoms with Gasteiger partial charge in [0.2, 0.25) is 0 Å². The Kier molecular flexibility index (Phi) is 7.05. The van der Waals surface area contributed by atoms with E-state index < -0.39 is 0 Å². The highest BCUT2D eigenvalue weighted by atomic mass is 16.5. The van der Waals surface area contributed by atoms with E-state index >= 15 is 0 Å². The van der Waals surface area contributed by atoms with Crippen molar-refractivity contribution in [1.29, 1.82) is 0 Å². The molecule has 5 nitrogen and oxygen atoms in total. The van der Waals surface area contributed by atoms with Gasteiger partial charge in [-0.25, -0.2) is 0 Å². The van der Waals surface area contributed by atoms with Crippen LogP contribution in [0.25, 0.3) is 0 Å². The number of methoxy groups -OCH3 is 2. The Hall–Kier alpha value is -2.30. The molecule has 1 aromatic rings. The second-order valence-corrected chi connectivity index (χ2v) is 7.78. The number of nitrogens with zero attached hydrogens (tertiary/aromatic N) is 1. The first kappa shape index (κ1) is 21.0. The Balaban J connectivity index is 2.21. The Morgan fingerprint density at radius 1 is 1.19 bits per heavy atom. The van der Waals surface area contributed by atoms with Gasteiger partial charge in [0.05, 0.1) is 19.8 Å². The van der Waals surface area contributed by atoms with Gasteiger partial charge in [0.15, 0.2) is 17.3 Å². The van der Waals surface area contributed by atoms with Crippen molar-refractivity contribution in [3.8, 4) is 11.5 Å². The predicted molar refractivity (Wildman–Crippen MR) is 108 cm³/mol. The number of benzene rings is 1. The lowest BCUT2D eigenvalue weighted by molar-refractivity contribution is -0.117. The summed E-state index contributed by atoms with van der Waals surface area (Å²) in [5.41, 5.74) is 2.14. The third-order valence-electron chi connectivity index (χ3n) is 4.78. The molecule has 148 valence electrons. The van der Waals surface area contributed by atoms with E-state index in [2.05, 4.69) is 13.8 Å². The molecular formula is C22H31NO4. The molecular weight excluding hydrogens is 342 g/mol. The molecule has 0 unspecified atom stereocenters. The van der Waals surface area contributed by atoms with Crippen molar-refractivity contribution >= 4 is 11.5 Å². The van der Waals surface area contributed by atoms with Gasteiger partial charge in [0.25, 0.3) is 0 Å². The zero-order valence-electron chi connectivity index (χ0n) is 17.1. The molecule has 5 heteroatoms. The number of aliphatic hydroxyl groups is 1. The summed E-state index contributed by atoms with van der Waals surface area (Å²) < 4.78 is 10.6. The van der Waals surface area contributed by atoms with E-state index in [9.17, 15) is 9.90 Å². The number of hydrogen-bond donors (Lipinski definition) is 1. The van der Waals surface area contributed by atoms with Crippen LogP contribution in [0.4, 0.5) is 0 Å². The number of carbonyl (C=O) groups excluding carboxylic acids is 1. The summed E-state index contributed by atoms with van der Waals surface area (Å²) in [6, 6.07) is 5.82. The first-order valence-electron chi connectivity index (χ1n) is 9.51. The quantitative estimate of drug-likeness (QED) is 0.556. The topological polar surface area (TPSA) is 68.1 Å². The molecule has 0 heterocycles. The van der Waals surface area contributed by atoms with Crippen molar-refractivity contribution in [3.05, 3.63) is 35.1 Å². The SMILES string of the molecule is CCCC(O)=C1C(=O)CC(C)(C)CC1=NCCc1ccc(OC)c(OC)c1. The van der Waals surface area contributed by atoms with Crippen molar-refractivity contribution in [2.75, 3.05) is 20.8 Å². The van der Waals surface area contributed by atoms with E-state index in [0.717, 1.165) is 24.1 Å². The summed E-state index contributed by atoms with van der Waals surface area (Å²) >= 11 is 0. The molecule has 0 radical (unpaired) electrons. The molecule has 1 N–H and O–H groups in total. The van der Waals surface area contributed by atoms with Crippen molar-refractivity contribution < 1.29 is 19.4 Å². The Bertz CT molecular complexity index is 747. The van der Waals surface area contributed by atoms with Crippen LogP contribution in [0.2, 0.25) is 0 Å². The third-order valence-corrected chi connectivity index (χ3v) is 4.78. The molecule has 0 atom stereocenters. The van der Waals surface area contributed by atoms with Crippen LogP contribution in [-0.2, 0) is 11.2 Å². The molecule has 1 saturated carbocycles. The number of ether oxygens (including phenoxy) is 2. The van der Waals surface area contributed by atoms with Crippen LogP contribution in [0.5, 0.6) is 11.5 Å². The molecule has 0 aromatic heterocycles. The largest absolute Gasteiger partial charge is 0.511 e. The van der Waals surface area contributed by atoms with Gasteiger partial charge in [0, 0.05) is 25.1 Å². The standard InChI is InChI=1S/C22H31NO4/c1-6-7-17(24)21-16(13-22(2,3)14-18(21)25)23-11-10-15-8-9-19(26-4)20(12-15)27-5/h8-9,12,24H,6-7,10-11,13-14H2,1-5H3. The van der Waals surface area contributed by atoms with E-state index in [-0.39, 0.29) is 17.0 Å². The summed E-state index contributed by atoms with van der Waals surface area (Å²) in [6.45, 7) is 6.68. The minimum absolute atomic E-state index is 0.00191. The molecule has 1 fully saturated rings. The van der Waals surface area contributed by atoms with Crippen LogP contribution in [0.15, 0.2) is 34.5 Å². The summed E-state index contributed by atoms with van der Waals surface area (Å²) in [5, 5.41) is 10.4. The summed E-state index contributed by atoms with van der Waals surface area (Å²) in [6.07, 6.45) is 3.18. The lowest BCUT2D eigenvalue weighted by atomic mass is 9.73. The van der Waals surface area contributed by atoms with Crippen molar-refractivity contribution in [1.82, 2.24) is 0 Å². The molecule has 0 aliphatic heterocycles. The highest BCUT2D eigenvalue weighted by Crippen LogP contribution is 2.36. The molecule has 1 aliphatic carbocycles. The Labute approximate surface area is 162 Å². The smallest absolute Gasteiger partial charge is 0.168 e. The average molecular weight is 373 g/mol. The number of hydrogen-bond acceptors (Lipinski definition) is 5. The minimum Gasteiger partial charge on any atom is -0.511 e. The Morgan fingerprint density at radius 3 is 2.52 bits per heavy atom. The van der Waals surface area contributed by atoms with E-state index in [0.29, 0.717) is 42.9 Å². The van der Waals surface area contributed by atoms with Gasteiger partial charge < -0.3 is 14.6 Å². The summed E-state index contributed by atoms with van der Waals surface area (Å²) in [7, 11) is 3.23. The fourth-order valence-electron chi connectivity index (χ4n) is 3.47. The fourth-order valence-corrected chi connectivity index (χ4v) is 3.47. The first-order chi connectivity index (χ1) is 12.8. The number of aliphatic hydroxyl groups excluding tert-OH is 1. The zero-order valence-corrected chi connectivity index (χ0v) is 17.1. The predicted octanol–water partition coefficient (Wildman–Crippen LogP) is 4.69. The molecule has 0 spiro atoms. The molecule has 2 rings (SSSR count). The molecule has 0 saturated heterocycles. The lowest BCUT2D eigenvalue weighted by Crippen LogP contribution is -2.33. The number of carbonyl (C=O) groups is 1. The minimum atomic E-state index is -0.130. The number of Topliss-reactive ketones (excluding diaryl/α,β-unsaturated/α-hetero) is 1. The monoisotopic (exact) mass is 373 g/mol. The molecule has 27 heavy (non-hydrogen) atoms. The molecule has 0 bridgehead atoms. The second kappa shape index (κ2) is 9.07. The van der Waals surface area contributed by atoms with Crippen LogP contribution in [0.3, 0.4) is 0 Å². The maximum atomic E-state index is 12.6. The van der Waals surface area contributed by atoms with Gasteiger partial charge in [-0.2, -0.15) is 0 Å². The van der Waals surface area contributed by atoms with E-state index in [1.807, 2.05) is 25.1 Å². The molecule has 0 amide bonds. The lowest BCUT2D eigenvalue weighted by Gasteiger charge is -2.31. The summed E-state index contributed by atoms with van der Waals surface area (Å²) in [4.78, 5) is 17.3. The average Bonchev–Trinajstić information content (AvgIpc) is 2.60. The second-order valence-electron chi connectivity index (χ2n) is 7.78. The van der Waals surface area contributed by atoms with E-state index in [1.165, 1.54) is 0 Å². The van der Waals surface area contributed by atoms with Crippen LogP contribution in [-0.4, -0.2) is 37.4 Å². The number of allylic oxidation sites excluding steroid dienone is 2. The van der Waals surface area contributed by atoms with Crippen LogP contribution in [0.1, 0.15) is 52.0 Å². The molecule has 1 aliphatic rings. The van der Waals surface area contributed by atoms with Crippen LogP contribution in [0, 0.1) is 5.41 Å². The first-order valence-corrected chi connectivity index (χ1v) is 9.51. The van der Waals surface area contributed by atoms with Crippen molar-refractivity contribution in [3.63, 3.8) is 0 Å². The van der Waals surface area contributed by atoms with Crippen LogP contribution >= 0.6 is 0 Å². The van der Waals surface area contributed by atoms with Gasteiger partial charge in [-0.15, -0.1) is 0 Å². The summed E-state index contributed by atoms with van der Waals surface area (Å²) in [5.74, 6) is 1.57. The highest BCUT2D eigenvalue weighted by molar-refractivity contribution is 6.24. The van der Waals surface area contributed by atoms with Crippen molar-refractivity contribution in [2.45, 2.75) is 52.9 Å². The van der Waals surface area contributed by atoms with Gasteiger partial charge in [-0.1, -0.05) is 26.8 Å². The number of ketones is 1. The van der Waals surface area contributed by atoms with Gasteiger partial charge in [0.1, 0.15) is 5.76 Å². The maximum absolute atomic E-state index is 12.6. The normalized spacial score (nSPS) is 19.9. The van der Waals surface area contributed by atoms with E-state index in [1.54, 1.807) is 14.2 Å². The third kappa shape index (κ3) is 5.34. The molecule has 1 aromatic carbocycles. The fraction of sp³-hybridized carbons (Fsp3) is 0.545. The zero-order chi connectivity index (χ0) is 20.0. The van der Waals surface area contributed by atoms with Crippen molar-refractivity contribution in [2.24, 2.45) is 10.4 Å². The number of aliphatic imine (C=N–C) groups is 1. The van der Waals surface area contributed by atoms with E-state index in [4.69, 9.17) is 14.5 Å².